The Bertz CT molecular complexity index is 1460. The topological polar surface area (TPSA) is 96.3 Å². The van der Waals surface area contributed by atoms with Crippen molar-refractivity contribution < 1.29 is 14.3 Å². The van der Waals surface area contributed by atoms with Gasteiger partial charge in [-0.25, -0.2) is 10.4 Å². The van der Waals surface area contributed by atoms with Crippen molar-refractivity contribution in [2.45, 2.75) is 24.7 Å². The molecular formula is C32H34BrN5O3. The molecule has 2 aliphatic heterocycles. The molecule has 6 unspecified atom stereocenters. The molecule has 5 rings (SSSR count). The van der Waals surface area contributed by atoms with Crippen molar-refractivity contribution in [2.24, 2.45) is 33.7 Å². The van der Waals surface area contributed by atoms with Crippen molar-refractivity contribution in [3.63, 3.8) is 0 Å². The average Bonchev–Trinajstić information content (AvgIpc) is 3.39. The number of ether oxygens (including phenoxy) is 2. The van der Waals surface area contributed by atoms with Gasteiger partial charge in [-0.15, -0.1) is 0 Å². The maximum atomic E-state index is 13.0. The van der Waals surface area contributed by atoms with Gasteiger partial charge in [0, 0.05) is 23.9 Å². The van der Waals surface area contributed by atoms with Crippen molar-refractivity contribution in [2.75, 3.05) is 26.1 Å². The lowest BCUT2D eigenvalue weighted by Gasteiger charge is -2.26. The highest BCUT2D eigenvalue weighted by atomic mass is 79.9. The van der Waals surface area contributed by atoms with Gasteiger partial charge in [0.2, 0.25) is 5.91 Å². The first-order valence-electron chi connectivity index (χ1n) is 13.7. The Kier molecular flexibility index (Phi) is 8.91. The number of methoxy groups -OCH3 is 2. The number of hydrazine groups is 1. The molecule has 0 spiro atoms. The van der Waals surface area contributed by atoms with Gasteiger partial charge in [-0.2, -0.15) is 0 Å². The van der Waals surface area contributed by atoms with Crippen LogP contribution in [0.1, 0.15) is 13.8 Å². The molecule has 1 amide bonds. The van der Waals surface area contributed by atoms with E-state index in [4.69, 9.17) is 19.5 Å². The maximum Gasteiger partial charge on any atom is 0.231 e. The Morgan fingerprint density at radius 2 is 1.93 bits per heavy atom. The molecule has 2 aliphatic carbocycles. The zero-order valence-corrected chi connectivity index (χ0v) is 25.1. The van der Waals surface area contributed by atoms with Crippen LogP contribution in [0.2, 0.25) is 0 Å². The van der Waals surface area contributed by atoms with Crippen molar-refractivity contribution in [1.82, 2.24) is 10.9 Å². The summed E-state index contributed by atoms with van der Waals surface area (Å²) in [6.07, 6.45) is 11.8. The van der Waals surface area contributed by atoms with Gasteiger partial charge in [-0.3, -0.25) is 9.79 Å². The Hall–Kier alpha value is -3.87. The molecule has 1 aromatic rings. The van der Waals surface area contributed by atoms with Crippen molar-refractivity contribution in [3.8, 4) is 11.8 Å². The van der Waals surface area contributed by atoms with Gasteiger partial charge in [0.1, 0.15) is 22.4 Å². The second-order valence-corrected chi connectivity index (χ2v) is 11.3. The van der Waals surface area contributed by atoms with Gasteiger partial charge >= 0.3 is 0 Å². The van der Waals surface area contributed by atoms with Crippen LogP contribution in [-0.4, -0.2) is 49.6 Å². The van der Waals surface area contributed by atoms with Crippen LogP contribution in [0.25, 0.3) is 0 Å². The number of alkyl halides is 1. The second-order valence-electron chi connectivity index (χ2n) is 10.3. The molecule has 0 fully saturated rings. The maximum absolute atomic E-state index is 13.0. The number of carbonyl (C=O) groups is 1. The van der Waals surface area contributed by atoms with E-state index in [1.54, 1.807) is 20.4 Å². The molecule has 0 saturated heterocycles. The van der Waals surface area contributed by atoms with Gasteiger partial charge in [-0.05, 0) is 35.6 Å². The fourth-order valence-electron chi connectivity index (χ4n) is 5.31. The van der Waals surface area contributed by atoms with Crippen LogP contribution in [0.15, 0.2) is 99.1 Å². The zero-order valence-electron chi connectivity index (χ0n) is 23.5. The number of para-hydroxylation sites is 1. The molecule has 0 bridgehead atoms. The van der Waals surface area contributed by atoms with Gasteiger partial charge in [-0.1, -0.05) is 78.0 Å². The van der Waals surface area contributed by atoms with E-state index in [9.17, 15) is 4.79 Å². The Morgan fingerprint density at radius 1 is 1.12 bits per heavy atom. The largest absolute Gasteiger partial charge is 0.501 e. The number of nitrogens with zero attached hydrogens (tertiary/aromatic N) is 2. The van der Waals surface area contributed by atoms with Crippen molar-refractivity contribution in [1.29, 1.82) is 0 Å². The molecule has 212 valence electrons. The number of carbonyl (C=O) groups excluding carboxylic acids is 1. The average molecular weight is 617 g/mol. The van der Waals surface area contributed by atoms with Crippen molar-refractivity contribution >= 4 is 39.6 Å². The number of allylic oxidation sites excluding steroid dienone is 4. The summed E-state index contributed by atoms with van der Waals surface area (Å²) in [6.45, 7) is 4.67. The zero-order chi connectivity index (χ0) is 28.9. The van der Waals surface area contributed by atoms with Crippen LogP contribution in [0.3, 0.4) is 0 Å². The molecule has 8 nitrogen and oxygen atoms in total. The van der Waals surface area contributed by atoms with Gasteiger partial charge in [0.25, 0.3) is 0 Å². The number of hydrogen-bond acceptors (Lipinski definition) is 6. The summed E-state index contributed by atoms with van der Waals surface area (Å²) in [5, 5.41) is 3.02. The first-order chi connectivity index (χ1) is 19.9. The summed E-state index contributed by atoms with van der Waals surface area (Å²) in [6, 6.07) is 9.21. The SMILES string of the molecule is COC1=CC(C)C(CN=C2N=CC(Br)C#CC3NNC(C4=CC(C)C(C(=O)Nc5ccccc5)C=C4)=C23)C(OC)=C1. The quantitative estimate of drug-likeness (QED) is 0.306. The number of amides is 1. The monoisotopic (exact) mass is 615 g/mol. The lowest BCUT2D eigenvalue weighted by Crippen LogP contribution is -2.33. The van der Waals surface area contributed by atoms with Crippen LogP contribution in [0.4, 0.5) is 5.69 Å². The van der Waals surface area contributed by atoms with E-state index in [1.165, 1.54) is 0 Å². The highest BCUT2D eigenvalue weighted by Gasteiger charge is 2.33. The van der Waals surface area contributed by atoms with Gasteiger partial charge in [0.05, 0.1) is 38.0 Å². The molecule has 0 aromatic heterocycles. The van der Waals surface area contributed by atoms with Gasteiger partial charge < -0.3 is 20.2 Å². The number of benzene rings is 1. The van der Waals surface area contributed by atoms with Crippen LogP contribution in [0, 0.1) is 35.5 Å². The molecule has 9 heteroatoms. The Balaban J connectivity index is 1.43. The minimum Gasteiger partial charge on any atom is -0.501 e. The van der Waals surface area contributed by atoms with E-state index in [-0.39, 0.29) is 40.4 Å². The van der Waals surface area contributed by atoms with E-state index in [2.05, 4.69) is 69.9 Å². The highest BCUT2D eigenvalue weighted by Crippen LogP contribution is 2.33. The first kappa shape index (κ1) is 28.7. The summed E-state index contributed by atoms with van der Waals surface area (Å²) in [5.74, 6) is 8.56. The molecule has 2 heterocycles. The predicted octanol–water partition coefficient (Wildman–Crippen LogP) is 4.68. The number of halogens is 1. The van der Waals surface area contributed by atoms with Crippen LogP contribution in [0.5, 0.6) is 0 Å². The molecule has 0 saturated carbocycles. The van der Waals surface area contributed by atoms with Crippen LogP contribution >= 0.6 is 15.9 Å². The number of hydrogen-bond donors (Lipinski definition) is 3. The molecular weight excluding hydrogens is 582 g/mol. The number of rotatable bonds is 7. The molecule has 41 heavy (non-hydrogen) atoms. The molecule has 4 aliphatic rings. The summed E-state index contributed by atoms with van der Waals surface area (Å²) in [7, 11) is 3.33. The lowest BCUT2D eigenvalue weighted by molar-refractivity contribution is -0.119. The predicted molar refractivity (Wildman–Crippen MR) is 166 cm³/mol. The Morgan fingerprint density at radius 3 is 2.66 bits per heavy atom. The first-order valence-corrected chi connectivity index (χ1v) is 14.6. The third kappa shape index (κ3) is 6.39. The molecule has 1 aromatic carbocycles. The summed E-state index contributed by atoms with van der Waals surface area (Å²) in [4.78, 5) is 22.6. The van der Waals surface area contributed by atoms with Crippen LogP contribution < -0.4 is 16.2 Å². The smallest absolute Gasteiger partial charge is 0.231 e. The fourth-order valence-corrected chi connectivity index (χ4v) is 5.56. The normalized spacial score (nSPS) is 29.6. The fraction of sp³-hybridized carbons (Fsp3) is 0.344. The van der Waals surface area contributed by atoms with Crippen LogP contribution in [-0.2, 0) is 14.3 Å². The molecule has 3 N–H and O–H groups in total. The summed E-state index contributed by atoms with van der Waals surface area (Å²) in [5.41, 5.74) is 10.1. The molecule has 0 radical (unpaired) electrons. The standard InChI is InChI=1S/C32H34BrN5O3/c1-19-14-21(10-12-25(19)32(39)36-23-8-6-5-7-9-23)30-29-27(37-38-30)13-11-22(33)17-34-31(29)35-18-26-20(2)15-24(40-3)16-28(26)41-4/h5-10,12,14-17,19-20,22,25-27,37-38H,18H2,1-4H3,(H,36,39). The third-order valence-electron chi connectivity index (χ3n) is 7.58. The number of nitrogens with one attached hydrogen (secondary N) is 3. The van der Waals surface area contributed by atoms with E-state index in [0.717, 1.165) is 34.0 Å². The molecule has 6 atom stereocenters. The third-order valence-corrected chi connectivity index (χ3v) is 8.04. The number of aliphatic imine (C=N–C) groups is 2. The summed E-state index contributed by atoms with van der Waals surface area (Å²) < 4.78 is 11.1. The number of amidine groups is 1. The Labute approximate surface area is 249 Å². The summed E-state index contributed by atoms with van der Waals surface area (Å²) >= 11 is 3.56. The highest BCUT2D eigenvalue weighted by molar-refractivity contribution is 9.10. The lowest BCUT2D eigenvalue weighted by atomic mass is 9.84. The van der Waals surface area contributed by atoms with E-state index >= 15 is 0 Å². The minimum atomic E-state index is -0.300. The number of anilines is 1. The van der Waals surface area contributed by atoms with Crippen molar-refractivity contribution in [3.05, 3.63) is 89.1 Å². The van der Waals surface area contributed by atoms with E-state index in [1.807, 2.05) is 48.6 Å². The second kappa shape index (κ2) is 12.8. The van der Waals surface area contributed by atoms with E-state index in [0.29, 0.717) is 12.4 Å². The minimum absolute atomic E-state index is 0.0256. The van der Waals surface area contributed by atoms with Gasteiger partial charge in [0.15, 0.2) is 5.84 Å². The van der Waals surface area contributed by atoms with E-state index < -0.39 is 0 Å². The number of fused-ring (bicyclic) bond motifs is 1.